The molecule has 0 N–H and O–H groups in total. The van der Waals surface area contributed by atoms with E-state index in [4.69, 9.17) is 9.47 Å². The first-order chi connectivity index (χ1) is 9.15. The van der Waals surface area contributed by atoms with Crippen molar-refractivity contribution in [2.75, 3.05) is 32.8 Å². The van der Waals surface area contributed by atoms with Gasteiger partial charge < -0.3 is 9.47 Å². The van der Waals surface area contributed by atoms with E-state index in [9.17, 15) is 4.79 Å². The fraction of sp³-hybridized carbons (Fsp3) is 0.538. The third kappa shape index (κ3) is 4.56. The minimum absolute atomic E-state index is 0.149. The summed E-state index contributed by atoms with van der Waals surface area (Å²) in [6.07, 6.45) is 2.99. The van der Waals surface area contributed by atoms with Crippen molar-refractivity contribution < 1.29 is 14.3 Å². The van der Waals surface area contributed by atoms with Crippen molar-refractivity contribution in [2.24, 2.45) is 0 Å². The Morgan fingerprint density at radius 3 is 2.95 bits per heavy atom. The number of carbonyl (C=O) groups is 1. The fourth-order valence-corrected chi connectivity index (χ4v) is 2.32. The van der Waals surface area contributed by atoms with Crippen LogP contribution in [0.4, 0.5) is 0 Å². The van der Waals surface area contributed by atoms with Gasteiger partial charge in [0.1, 0.15) is 6.10 Å². The molecule has 0 radical (unpaired) electrons. The topological polar surface area (TPSA) is 51.7 Å². The first kappa shape index (κ1) is 14.4. The molecule has 2 heterocycles. The molecule has 2 rings (SSSR count). The van der Waals surface area contributed by atoms with Crippen molar-refractivity contribution in [2.45, 2.75) is 13.0 Å². The molecule has 0 amide bonds. The van der Waals surface area contributed by atoms with E-state index in [1.54, 1.807) is 12.3 Å². The number of hydrogen-bond donors (Lipinski definition) is 0. The molecule has 1 aromatic rings. The molecule has 1 saturated heterocycles. The van der Waals surface area contributed by atoms with Gasteiger partial charge in [0.15, 0.2) is 0 Å². The molecule has 1 fully saturated rings. The van der Waals surface area contributed by atoms with Crippen LogP contribution in [0.15, 0.2) is 22.9 Å². The predicted molar refractivity (Wildman–Crippen MR) is 74.1 cm³/mol. The Morgan fingerprint density at radius 2 is 2.26 bits per heavy atom. The molecule has 0 aliphatic carbocycles. The largest absolute Gasteiger partial charge is 0.458 e. The number of hydrogen-bond acceptors (Lipinski definition) is 5. The van der Waals surface area contributed by atoms with Gasteiger partial charge in [0.25, 0.3) is 0 Å². The highest BCUT2D eigenvalue weighted by molar-refractivity contribution is 9.10. The zero-order valence-electron chi connectivity index (χ0n) is 10.8. The van der Waals surface area contributed by atoms with Gasteiger partial charge in [-0.05, 0) is 28.9 Å². The van der Waals surface area contributed by atoms with Gasteiger partial charge in [0.05, 0.1) is 18.8 Å². The van der Waals surface area contributed by atoms with Crippen molar-refractivity contribution in [1.29, 1.82) is 0 Å². The number of morpholine rings is 1. The molecule has 0 bridgehead atoms. The van der Waals surface area contributed by atoms with E-state index in [0.717, 1.165) is 37.3 Å². The molecule has 1 aliphatic heterocycles. The number of carbonyl (C=O) groups excluding carboxylic acids is 1. The summed E-state index contributed by atoms with van der Waals surface area (Å²) in [4.78, 5) is 18.1. The summed E-state index contributed by atoms with van der Waals surface area (Å²) >= 11 is 3.28. The molecule has 0 spiro atoms. The number of nitrogens with zero attached hydrogens (tertiary/aromatic N) is 2. The third-order valence-electron chi connectivity index (χ3n) is 2.87. The summed E-state index contributed by atoms with van der Waals surface area (Å²) in [5.41, 5.74) is 0.461. The second kappa shape index (κ2) is 6.98. The van der Waals surface area contributed by atoms with Crippen LogP contribution in [0, 0.1) is 0 Å². The van der Waals surface area contributed by atoms with Crippen LogP contribution in [0.2, 0.25) is 0 Å². The second-order valence-corrected chi connectivity index (χ2v) is 5.44. The molecule has 0 unspecified atom stereocenters. The summed E-state index contributed by atoms with van der Waals surface area (Å²) in [7, 11) is 0. The monoisotopic (exact) mass is 328 g/mol. The van der Waals surface area contributed by atoms with Gasteiger partial charge in [0, 0.05) is 36.5 Å². The minimum atomic E-state index is -0.338. The summed E-state index contributed by atoms with van der Waals surface area (Å²) in [6, 6.07) is 1.71. The van der Waals surface area contributed by atoms with Gasteiger partial charge in [-0.25, -0.2) is 4.79 Å². The highest BCUT2D eigenvalue weighted by Crippen LogP contribution is 2.11. The lowest BCUT2D eigenvalue weighted by molar-refractivity contribution is 0.000421. The maximum atomic E-state index is 11.9. The van der Waals surface area contributed by atoms with Crippen molar-refractivity contribution in [3.8, 4) is 0 Å². The standard InChI is InChI=1S/C13H17BrN2O3/c1-10(9-16-2-4-18-5-3-16)19-13(17)11-6-12(14)8-15-7-11/h6-8,10H,2-5,9H2,1H3/t10-/m1/s1. The molecule has 6 heteroatoms. The van der Waals surface area contributed by atoms with Crippen LogP contribution in [-0.4, -0.2) is 54.8 Å². The van der Waals surface area contributed by atoms with Gasteiger partial charge in [-0.2, -0.15) is 0 Å². The number of pyridine rings is 1. The van der Waals surface area contributed by atoms with Gasteiger partial charge in [0.2, 0.25) is 0 Å². The van der Waals surface area contributed by atoms with Crippen molar-refractivity contribution in [3.05, 3.63) is 28.5 Å². The first-order valence-electron chi connectivity index (χ1n) is 6.27. The molecular weight excluding hydrogens is 312 g/mol. The summed E-state index contributed by atoms with van der Waals surface area (Å²) in [6.45, 7) is 5.91. The maximum absolute atomic E-state index is 11.9. The fourth-order valence-electron chi connectivity index (χ4n) is 1.96. The molecule has 1 atom stereocenters. The molecule has 1 aliphatic rings. The summed E-state index contributed by atoms with van der Waals surface area (Å²) in [5.74, 6) is -0.338. The molecule has 19 heavy (non-hydrogen) atoms. The SMILES string of the molecule is C[C@H](CN1CCOCC1)OC(=O)c1cncc(Br)c1. The van der Waals surface area contributed by atoms with Crippen LogP contribution in [0.1, 0.15) is 17.3 Å². The van der Waals surface area contributed by atoms with Gasteiger partial charge in [-0.1, -0.05) is 0 Å². The molecule has 1 aromatic heterocycles. The first-order valence-corrected chi connectivity index (χ1v) is 7.06. The Balaban J connectivity index is 1.84. The summed E-state index contributed by atoms with van der Waals surface area (Å²) in [5, 5.41) is 0. The molecule has 5 nitrogen and oxygen atoms in total. The lowest BCUT2D eigenvalue weighted by Crippen LogP contribution is -2.41. The smallest absolute Gasteiger partial charge is 0.340 e. The minimum Gasteiger partial charge on any atom is -0.458 e. The molecule has 0 aromatic carbocycles. The van der Waals surface area contributed by atoms with Crippen molar-refractivity contribution in [1.82, 2.24) is 9.88 Å². The van der Waals surface area contributed by atoms with E-state index in [1.807, 2.05) is 6.92 Å². The van der Waals surface area contributed by atoms with Crippen LogP contribution in [-0.2, 0) is 9.47 Å². The van der Waals surface area contributed by atoms with E-state index in [0.29, 0.717) is 5.56 Å². The predicted octanol–water partition coefficient (Wildman–Crippen LogP) is 1.72. The molecule has 0 saturated carbocycles. The lowest BCUT2D eigenvalue weighted by Gasteiger charge is -2.28. The Kier molecular flexibility index (Phi) is 5.30. The molecule has 104 valence electrons. The maximum Gasteiger partial charge on any atom is 0.340 e. The molecular formula is C13H17BrN2O3. The van der Waals surface area contributed by atoms with Crippen LogP contribution >= 0.6 is 15.9 Å². The average Bonchev–Trinajstić information content (AvgIpc) is 2.39. The Bertz CT molecular complexity index is 436. The number of esters is 1. The Hall–Kier alpha value is -0.980. The van der Waals surface area contributed by atoms with Crippen LogP contribution in [0.5, 0.6) is 0 Å². The van der Waals surface area contributed by atoms with E-state index in [-0.39, 0.29) is 12.1 Å². The van der Waals surface area contributed by atoms with E-state index in [2.05, 4.69) is 25.8 Å². The highest BCUT2D eigenvalue weighted by Gasteiger charge is 2.17. The van der Waals surface area contributed by atoms with E-state index in [1.165, 1.54) is 6.20 Å². The van der Waals surface area contributed by atoms with Gasteiger partial charge >= 0.3 is 5.97 Å². The number of ether oxygens (including phenoxy) is 2. The van der Waals surface area contributed by atoms with Gasteiger partial charge in [-0.3, -0.25) is 9.88 Å². The van der Waals surface area contributed by atoms with Crippen molar-refractivity contribution >= 4 is 21.9 Å². The Morgan fingerprint density at radius 1 is 1.53 bits per heavy atom. The van der Waals surface area contributed by atoms with E-state index < -0.39 is 0 Å². The second-order valence-electron chi connectivity index (χ2n) is 4.52. The average molecular weight is 329 g/mol. The zero-order valence-corrected chi connectivity index (χ0v) is 12.4. The number of rotatable bonds is 4. The van der Waals surface area contributed by atoms with Crippen LogP contribution in [0.3, 0.4) is 0 Å². The normalized spacial score (nSPS) is 18.0. The van der Waals surface area contributed by atoms with Crippen LogP contribution in [0.25, 0.3) is 0 Å². The van der Waals surface area contributed by atoms with Crippen LogP contribution < -0.4 is 0 Å². The number of halogens is 1. The zero-order chi connectivity index (χ0) is 13.7. The highest BCUT2D eigenvalue weighted by atomic mass is 79.9. The summed E-state index contributed by atoms with van der Waals surface area (Å²) < 4.78 is 11.5. The van der Waals surface area contributed by atoms with Crippen molar-refractivity contribution in [3.63, 3.8) is 0 Å². The Labute approximate surface area is 121 Å². The lowest BCUT2D eigenvalue weighted by atomic mass is 10.3. The van der Waals surface area contributed by atoms with Gasteiger partial charge in [-0.15, -0.1) is 0 Å². The third-order valence-corrected chi connectivity index (χ3v) is 3.30. The number of aromatic nitrogens is 1. The van der Waals surface area contributed by atoms with E-state index >= 15 is 0 Å². The quantitative estimate of drug-likeness (QED) is 0.788.